The van der Waals surface area contributed by atoms with Crippen LogP contribution in [-0.2, 0) is 18.9 Å². The van der Waals surface area contributed by atoms with Gasteiger partial charge in [0.2, 0.25) is 5.91 Å². The number of aromatic nitrogens is 5. The van der Waals surface area contributed by atoms with Crippen LogP contribution in [0.15, 0.2) is 23.9 Å². The van der Waals surface area contributed by atoms with Gasteiger partial charge < -0.3 is 4.90 Å². The van der Waals surface area contributed by atoms with Gasteiger partial charge in [-0.25, -0.2) is 9.67 Å². The molecule has 0 aliphatic carbocycles. The van der Waals surface area contributed by atoms with Crippen molar-refractivity contribution < 1.29 is 4.79 Å². The van der Waals surface area contributed by atoms with Crippen LogP contribution in [0.3, 0.4) is 0 Å². The molecule has 1 atom stereocenters. The Morgan fingerprint density at radius 3 is 2.84 bits per heavy atom. The third-order valence-corrected chi connectivity index (χ3v) is 4.38. The zero-order valence-corrected chi connectivity index (χ0v) is 11.5. The van der Waals surface area contributed by atoms with E-state index in [1.54, 1.807) is 20.5 Å². The van der Waals surface area contributed by atoms with E-state index in [4.69, 9.17) is 0 Å². The molecule has 7 nitrogen and oxygen atoms in total. The molecular formula is C11H14N6OS. The molecule has 100 valence electrons. The minimum absolute atomic E-state index is 0.0943. The lowest BCUT2D eigenvalue weighted by Crippen LogP contribution is -2.27. The molecule has 0 aromatic carbocycles. The molecular weight excluding hydrogens is 264 g/mol. The van der Waals surface area contributed by atoms with E-state index in [0.29, 0.717) is 0 Å². The molecule has 1 aliphatic rings. The zero-order valence-electron chi connectivity index (χ0n) is 10.7. The molecule has 3 rings (SSSR count). The van der Waals surface area contributed by atoms with E-state index in [-0.39, 0.29) is 11.2 Å². The fraction of sp³-hybridized carbons (Fsp3) is 0.455. The molecule has 1 saturated heterocycles. The maximum atomic E-state index is 12.4. The van der Waals surface area contributed by atoms with Crippen molar-refractivity contribution in [3.63, 3.8) is 0 Å². The molecule has 0 N–H and O–H groups in total. The monoisotopic (exact) mass is 278 g/mol. The number of hydrogen-bond donors (Lipinski definition) is 0. The van der Waals surface area contributed by atoms with Crippen LogP contribution in [0.25, 0.3) is 0 Å². The highest BCUT2D eigenvalue weighted by atomic mass is 32.2. The Morgan fingerprint density at radius 1 is 1.37 bits per heavy atom. The molecule has 2 aromatic heterocycles. The molecule has 0 saturated carbocycles. The Bertz CT molecular complexity index is 606. The minimum Gasteiger partial charge on any atom is -0.308 e. The molecule has 19 heavy (non-hydrogen) atoms. The van der Waals surface area contributed by atoms with Crippen molar-refractivity contribution in [1.29, 1.82) is 0 Å². The largest absolute Gasteiger partial charge is 0.308 e. The van der Waals surface area contributed by atoms with Gasteiger partial charge in [0, 0.05) is 26.8 Å². The minimum atomic E-state index is -0.0943. The van der Waals surface area contributed by atoms with Gasteiger partial charge in [-0.15, -0.1) is 0 Å². The molecule has 3 heterocycles. The topological polar surface area (TPSA) is 68.8 Å². The smallest absolute Gasteiger partial charge is 0.240 e. The highest BCUT2D eigenvalue weighted by Gasteiger charge is 2.34. The van der Waals surface area contributed by atoms with Gasteiger partial charge in [0.05, 0.1) is 17.1 Å². The molecule has 0 bridgehead atoms. The third kappa shape index (κ3) is 2.23. The van der Waals surface area contributed by atoms with Crippen molar-refractivity contribution in [3.05, 3.63) is 18.7 Å². The van der Waals surface area contributed by atoms with Crippen molar-refractivity contribution in [1.82, 2.24) is 24.5 Å². The van der Waals surface area contributed by atoms with Gasteiger partial charge in [-0.05, 0) is 6.42 Å². The van der Waals surface area contributed by atoms with E-state index < -0.39 is 0 Å². The number of thioether (sulfide) groups is 1. The Labute approximate surface area is 114 Å². The van der Waals surface area contributed by atoms with E-state index in [1.807, 2.05) is 20.3 Å². The van der Waals surface area contributed by atoms with Crippen molar-refractivity contribution >= 4 is 23.4 Å². The number of aryl methyl sites for hydroxylation is 2. The second-order valence-electron chi connectivity index (χ2n) is 4.42. The van der Waals surface area contributed by atoms with Crippen LogP contribution in [-0.4, -0.2) is 42.2 Å². The van der Waals surface area contributed by atoms with E-state index in [9.17, 15) is 4.79 Å². The van der Waals surface area contributed by atoms with Crippen LogP contribution in [0.2, 0.25) is 0 Å². The van der Waals surface area contributed by atoms with Gasteiger partial charge >= 0.3 is 0 Å². The molecule has 0 spiro atoms. The maximum absolute atomic E-state index is 12.4. The fourth-order valence-corrected chi connectivity index (χ4v) is 3.10. The van der Waals surface area contributed by atoms with Crippen LogP contribution in [0.5, 0.6) is 0 Å². The predicted octanol–water partition coefficient (Wildman–Crippen LogP) is 0.446. The summed E-state index contributed by atoms with van der Waals surface area (Å²) in [5, 5.41) is 8.79. The lowest BCUT2D eigenvalue weighted by atomic mass is 10.4. The summed E-state index contributed by atoms with van der Waals surface area (Å²) in [6.07, 6.45) is 5.88. The second-order valence-corrected chi connectivity index (χ2v) is 5.59. The highest BCUT2D eigenvalue weighted by molar-refractivity contribution is 8.00. The molecule has 0 radical (unpaired) electrons. The first-order valence-electron chi connectivity index (χ1n) is 5.96. The van der Waals surface area contributed by atoms with Crippen molar-refractivity contribution in [2.75, 3.05) is 11.4 Å². The first-order chi connectivity index (χ1) is 9.15. The first-order valence-corrected chi connectivity index (χ1v) is 6.84. The van der Waals surface area contributed by atoms with Crippen LogP contribution in [0, 0.1) is 0 Å². The van der Waals surface area contributed by atoms with Crippen LogP contribution in [0.4, 0.5) is 5.69 Å². The quantitative estimate of drug-likeness (QED) is 0.815. The number of amides is 1. The second kappa shape index (κ2) is 4.69. The highest BCUT2D eigenvalue weighted by Crippen LogP contribution is 2.31. The fourth-order valence-electron chi connectivity index (χ4n) is 2.09. The number of anilines is 1. The van der Waals surface area contributed by atoms with Gasteiger partial charge in [-0.1, -0.05) is 11.8 Å². The van der Waals surface area contributed by atoms with Crippen LogP contribution in [0.1, 0.15) is 6.42 Å². The van der Waals surface area contributed by atoms with Gasteiger partial charge in [0.1, 0.15) is 6.33 Å². The van der Waals surface area contributed by atoms with Crippen LogP contribution >= 0.6 is 11.8 Å². The first kappa shape index (κ1) is 12.2. The summed E-state index contributed by atoms with van der Waals surface area (Å²) in [5.74, 6) is 0.112. The van der Waals surface area contributed by atoms with Crippen molar-refractivity contribution in [2.45, 2.75) is 16.8 Å². The summed E-state index contributed by atoms with van der Waals surface area (Å²) in [4.78, 5) is 18.3. The predicted molar refractivity (Wildman–Crippen MR) is 70.8 cm³/mol. The van der Waals surface area contributed by atoms with Gasteiger partial charge in [-0.2, -0.15) is 10.2 Å². The number of hydrogen-bond acceptors (Lipinski definition) is 5. The maximum Gasteiger partial charge on any atom is 0.240 e. The molecule has 2 aromatic rings. The zero-order chi connectivity index (χ0) is 13.4. The number of carbonyl (C=O) groups excluding carboxylic acids is 1. The normalized spacial score (nSPS) is 19.4. The average Bonchev–Trinajstić information content (AvgIpc) is 3.05. The summed E-state index contributed by atoms with van der Waals surface area (Å²) in [7, 11) is 3.67. The van der Waals surface area contributed by atoms with Crippen LogP contribution < -0.4 is 4.90 Å². The SMILES string of the molecule is Cn1cc(N2CCC(Sc3ncnn3C)C2=O)cn1. The van der Waals surface area contributed by atoms with Crippen molar-refractivity contribution in [3.8, 4) is 0 Å². The van der Waals surface area contributed by atoms with Crippen molar-refractivity contribution in [2.24, 2.45) is 14.1 Å². The Kier molecular flexibility index (Phi) is 3.02. The Morgan fingerprint density at radius 2 is 2.21 bits per heavy atom. The molecule has 1 amide bonds. The van der Waals surface area contributed by atoms with E-state index in [1.165, 1.54) is 18.1 Å². The summed E-state index contributed by atoms with van der Waals surface area (Å²) in [6.45, 7) is 0.722. The molecule has 1 aliphatic heterocycles. The van der Waals surface area contributed by atoms with Gasteiger partial charge in [0.25, 0.3) is 0 Å². The van der Waals surface area contributed by atoms with Gasteiger partial charge in [0.15, 0.2) is 5.16 Å². The molecule has 1 fully saturated rings. The van der Waals surface area contributed by atoms with E-state index >= 15 is 0 Å². The Hall–Kier alpha value is -1.83. The molecule has 8 heteroatoms. The number of nitrogens with zero attached hydrogens (tertiary/aromatic N) is 6. The third-order valence-electron chi connectivity index (χ3n) is 3.08. The summed E-state index contributed by atoms with van der Waals surface area (Å²) in [6, 6.07) is 0. The number of carbonyl (C=O) groups is 1. The lowest BCUT2D eigenvalue weighted by molar-refractivity contribution is -0.116. The summed E-state index contributed by atoms with van der Waals surface area (Å²) in [5.41, 5.74) is 0.855. The summed E-state index contributed by atoms with van der Waals surface area (Å²) < 4.78 is 3.39. The molecule has 1 unspecified atom stereocenters. The standard InChI is InChI=1S/C11H14N6OS/c1-15-6-8(5-13-15)17-4-3-9(10(17)18)19-11-12-7-14-16(11)2/h5-7,9H,3-4H2,1-2H3. The Balaban J connectivity index is 1.74. The lowest BCUT2D eigenvalue weighted by Gasteiger charge is -2.13. The average molecular weight is 278 g/mol. The van der Waals surface area contributed by atoms with E-state index in [2.05, 4.69) is 15.2 Å². The number of rotatable bonds is 3. The van der Waals surface area contributed by atoms with Gasteiger partial charge in [-0.3, -0.25) is 9.48 Å². The van der Waals surface area contributed by atoms with E-state index in [0.717, 1.165) is 23.8 Å². The summed E-state index contributed by atoms with van der Waals surface area (Å²) >= 11 is 1.47.